The average molecular weight is 378 g/mol. The van der Waals surface area contributed by atoms with Crippen LogP contribution in [0.2, 0.25) is 10.0 Å². The van der Waals surface area contributed by atoms with E-state index in [4.69, 9.17) is 27.9 Å². The molecule has 0 aliphatic carbocycles. The quantitative estimate of drug-likeness (QED) is 0.725. The molecule has 1 saturated heterocycles. The topological polar surface area (TPSA) is 29.5 Å². The zero-order chi connectivity index (χ0) is 17.8. The van der Waals surface area contributed by atoms with Crippen molar-refractivity contribution in [1.82, 2.24) is 4.90 Å². The Morgan fingerprint density at radius 1 is 1.12 bits per heavy atom. The highest BCUT2D eigenvalue weighted by Crippen LogP contribution is 2.34. The fraction of sp³-hybridized carbons (Fsp3) is 0.350. The van der Waals surface area contributed by atoms with Gasteiger partial charge in [0.15, 0.2) is 0 Å². The van der Waals surface area contributed by atoms with Crippen molar-refractivity contribution < 1.29 is 9.53 Å². The monoisotopic (exact) mass is 377 g/mol. The van der Waals surface area contributed by atoms with Gasteiger partial charge in [-0.1, -0.05) is 59.6 Å². The number of carbonyl (C=O) groups excluding carboxylic acids is 1. The van der Waals surface area contributed by atoms with Crippen molar-refractivity contribution in [2.45, 2.75) is 18.9 Å². The zero-order valence-electron chi connectivity index (χ0n) is 14.1. The molecule has 25 heavy (non-hydrogen) atoms. The Kier molecular flexibility index (Phi) is 6.00. The Labute approximate surface area is 158 Å². The predicted molar refractivity (Wildman–Crippen MR) is 101 cm³/mol. The van der Waals surface area contributed by atoms with E-state index in [9.17, 15) is 4.79 Å². The van der Waals surface area contributed by atoms with Gasteiger partial charge in [-0.25, -0.2) is 0 Å². The van der Waals surface area contributed by atoms with E-state index in [-0.39, 0.29) is 17.9 Å². The minimum Gasteiger partial charge on any atom is -0.382 e. The summed E-state index contributed by atoms with van der Waals surface area (Å²) in [7, 11) is 1.66. The number of halogens is 2. The fourth-order valence-corrected chi connectivity index (χ4v) is 3.99. The maximum absolute atomic E-state index is 13.0. The van der Waals surface area contributed by atoms with Gasteiger partial charge in [-0.15, -0.1) is 0 Å². The molecule has 2 aromatic carbocycles. The van der Waals surface area contributed by atoms with Gasteiger partial charge >= 0.3 is 0 Å². The number of hydrogen-bond donors (Lipinski definition) is 0. The van der Waals surface area contributed by atoms with Gasteiger partial charge in [-0.3, -0.25) is 4.79 Å². The summed E-state index contributed by atoms with van der Waals surface area (Å²) >= 11 is 12.5. The molecular formula is C20H21Cl2NO2. The average Bonchev–Trinajstić information content (AvgIpc) is 2.97. The van der Waals surface area contributed by atoms with Gasteiger partial charge in [0.05, 0.1) is 12.6 Å². The van der Waals surface area contributed by atoms with Gasteiger partial charge in [-0.05, 0) is 36.1 Å². The maximum Gasteiger partial charge on any atom is 0.226 e. The molecule has 0 aromatic heterocycles. The summed E-state index contributed by atoms with van der Waals surface area (Å²) in [6, 6.07) is 15.4. The number of ether oxygens (including phenoxy) is 1. The van der Waals surface area contributed by atoms with Crippen molar-refractivity contribution in [3.8, 4) is 0 Å². The highest BCUT2D eigenvalue weighted by atomic mass is 35.5. The van der Waals surface area contributed by atoms with Crippen molar-refractivity contribution in [1.29, 1.82) is 0 Å². The first-order chi connectivity index (χ1) is 12.1. The van der Waals surface area contributed by atoms with Crippen molar-refractivity contribution in [3.63, 3.8) is 0 Å². The smallest absolute Gasteiger partial charge is 0.226 e. The first kappa shape index (κ1) is 18.2. The zero-order valence-corrected chi connectivity index (χ0v) is 15.6. The molecule has 0 unspecified atom stereocenters. The number of nitrogens with zero attached hydrogens (tertiary/aromatic N) is 1. The molecule has 0 spiro atoms. The summed E-state index contributed by atoms with van der Waals surface area (Å²) in [5.41, 5.74) is 1.95. The molecule has 1 fully saturated rings. The number of hydrogen-bond acceptors (Lipinski definition) is 2. The van der Waals surface area contributed by atoms with Gasteiger partial charge in [0, 0.05) is 29.6 Å². The van der Waals surface area contributed by atoms with Crippen LogP contribution >= 0.6 is 23.2 Å². The minimum atomic E-state index is -0.0968. The lowest BCUT2D eigenvalue weighted by atomic mass is 9.97. The molecule has 2 aromatic rings. The second-order valence-electron chi connectivity index (χ2n) is 6.30. The Balaban J connectivity index is 1.78. The van der Waals surface area contributed by atoms with E-state index in [0.29, 0.717) is 29.6 Å². The molecule has 1 aliphatic rings. The lowest BCUT2D eigenvalue weighted by Gasteiger charge is -2.28. The largest absolute Gasteiger partial charge is 0.382 e. The molecule has 0 saturated carbocycles. The number of benzene rings is 2. The van der Waals surface area contributed by atoms with Crippen LogP contribution in [0.5, 0.6) is 0 Å². The van der Waals surface area contributed by atoms with E-state index >= 15 is 0 Å². The molecule has 5 heteroatoms. The minimum absolute atomic E-state index is 0.0644. The second kappa shape index (κ2) is 8.22. The number of amides is 1. The Morgan fingerprint density at radius 3 is 2.44 bits per heavy atom. The third-order valence-corrected chi connectivity index (χ3v) is 5.46. The molecular weight excluding hydrogens is 357 g/mol. The number of methoxy groups -OCH3 is 1. The lowest BCUT2D eigenvalue weighted by Crippen LogP contribution is -2.34. The molecule has 0 N–H and O–H groups in total. The van der Waals surface area contributed by atoms with Crippen LogP contribution in [-0.4, -0.2) is 31.1 Å². The van der Waals surface area contributed by atoms with Crippen LogP contribution in [0, 0.1) is 5.92 Å². The summed E-state index contributed by atoms with van der Waals surface area (Å²) in [5, 5.41) is 1.24. The van der Waals surface area contributed by atoms with Crippen LogP contribution in [0.3, 0.4) is 0 Å². The van der Waals surface area contributed by atoms with Crippen LogP contribution in [-0.2, 0) is 16.0 Å². The van der Waals surface area contributed by atoms with Gasteiger partial charge in [0.1, 0.15) is 0 Å². The highest BCUT2D eigenvalue weighted by Gasteiger charge is 2.37. The highest BCUT2D eigenvalue weighted by molar-refractivity contribution is 6.36. The van der Waals surface area contributed by atoms with Crippen LogP contribution in [0.25, 0.3) is 0 Å². The third kappa shape index (κ3) is 4.00. The van der Waals surface area contributed by atoms with E-state index in [2.05, 4.69) is 0 Å². The number of likely N-dealkylation sites (tertiary alicyclic amines) is 1. The summed E-state index contributed by atoms with van der Waals surface area (Å²) in [6.07, 6.45) is 1.37. The first-order valence-electron chi connectivity index (χ1n) is 8.39. The van der Waals surface area contributed by atoms with Crippen LogP contribution < -0.4 is 0 Å². The second-order valence-corrected chi connectivity index (χ2v) is 7.12. The maximum atomic E-state index is 13.0. The van der Waals surface area contributed by atoms with Crippen LogP contribution in [0.15, 0.2) is 48.5 Å². The molecule has 1 amide bonds. The molecule has 2 atom stereocenters. The lowest BCUT2D eigenvalue weighted by molar-refractivity contribution is -0.134. The predicted octanol–water partition coefficient (Wildman–Crippen LogP) is 4.77. The number of carbonyl (C=O) groups is 1. The molecule has 3 rings (SSSR count). The Bertz CT molecular complexity index is 715. The molecule has 1 aliphatic heterocycles. The first-order valence-corrected chi connectivity index (χ1v) is 9.14. The normalized spacial score (nSPS) is 18.6. The summed E-state index contributed by atoms with van der Waals surface area (Å²) in [5.74, 6) is 0.0438. The molecule has 3 nitrogen and oxygen atoms in total. The van der Waals surface area contributed by atoms with Crippen LogP contribution in [0.4, 0.5) is 0 Å². The van der Waals surface area contributed by atoms with Crippen molar-refractivity contribution >= 4 is 29.1 Å². The van der Waals surface area contributed by atoms with Gasteiger partial charge in [-0.2, -0.15) is 0 Å². The van der Waals surface area contributed by atoms with E-state index in [1.807, 2.05) is 53.4 Å². The van der Waals surface area contributed by atoms with E-state index in [1.165, 1.54) is 0 Å². The van der Waals surface area contributed by atoms with E-state index in [1.54, 1.807) is 7.11 Å². The summed E-state index contributed by atoms with van der Waals surface area (Å²) in [4.78, 5) is 14.9. The van der Waals surface area contributed by atoms with Gasteiger partial charge < -0.3 is 9.64 Å². The molecule has 1 heterocycles. The summed E-state index contributed by atoms with van der Waals surface area (Å²) in [6.45, 7) is 1.20. The standard InChI is InChI=1S/C20H21Cl2NO2/c1-25-13-19(14-6-3-2-4-7-14)23-11-10-15(20(23)24)12-16-17(21)8-5-9-18(16)22/h2-9,15,19H,10-13H2,1H3/t15-,19-/m1/s1. The van der Waals surface area contributed by atoms with Crippen LogP contribution in [0.1, 0.15) is 23.6 Å². The Hall–Kier alpha value is -1.55. The van der Waals surface area contributed by atoms with Crippen molar-refractivity contribution in [3.05, 3.63) is 69.7 Å². The van der Waals surface area contributed by atoms with Crippen molar-refractivity contribution in [2.24, 2.45) is 5.92 Å². The number of rotatable bonds is 6. The SMILES string of the molecule is COC[C@H](c1ccccc1)N1CC[C@H](Cc2c(Cl)cccc2Cl)C1=O. The third-order valence-electron chi connectivity index (χ3n) is 4.75. The van der Waals surface area contributed by atoms with Gasteiger partial charge in [0.25, 0.3) is 0 Å². The molecule has 0 radical (unpaired) electrons. The van der Waals surface area contributed by atoms with E-state index in [0.717, 1.165) is 17.5 Å². The fourth-order valence-electron chi connectivity index (χ4n) is 3.43. The van der Waals surface area contributed by atoms with Gasteiger partial charge in [0.2, 0.25) is 5.91 Å². The Morgan fingerprint density at radius 2 is 1.80 bits per heavy atom. The molecule has 0 bridgehead atoms. The molecule has 132 valence electrons. The summed E-state index contributed by atoms with van der Waals surface area (Å²) < 4.78 is 5.37. The van der Waals surface area contributed by atoms with Crippen molar-refractivity contribution in [2.75, 3.05) is 20.3 Å². The van der Waals surface area contributed by atoms with E-state index < -0.39 is 0 Å².